The van der Waals surface area contributed by atoms with Gasteiger partial charge in [0.25, 0.3) is 0 Å². The summed E-state index contributed by atoms with van der Waals surface area (Å²) in [4.78, 5) is 8.13. The largest absolute Gasteiger partial charge is 0.380 e. The highest BCUT2D eigenvalue weighted by molar-refractivity contribution is 6.93. The molecule has 85 heavy (non-hydrogen) atoms. The number of hydrogen-bond acceptors (Lipinski definition) is 3. The van der Waals surface area contributed by atoms with E-state index in [1.54, 1.807) is 0 Å². The molecule has 4 heteroatoms. The number of anilines is 6. The zero-order chi connectivity index (χ0) is 57.2. The van der Waals surface area contributed by atoms with E-state index in [9.17, 15) is 0 Å². The lowest BCUT2D eigenvalue weighted by Gasteiger charge is -2.58. The van der Waals surface area contributed by atoms with E-state index in [-0.39, 0.29) is 12.8 Å². The molecule has 0 aromatic heterocycles. The number of benzene rings is 11. The Labute approximate surface area is 501 Å². The van der Waals surface area contributed by atoms with Crippen LogP contribution in [0, 0.1) is 12.8 Å². The molecule has 4 bridgehead atoms. The van der Waals surface area contributed by atoms with Gasteiger partial charge in [0.15, 0.2) is 0 Å². The molecule has 0 saturated carbocycles. The molecule has 3 heterocycles. The van der Waals surface area contributed by atoms with Crippen LogP contribution in [0.5, 0.6) is 0 Å². The van der Waals surface area contributed by atoms with Crippen molar-refractivity contribution in [3.8, 4) is 55.6 Å². The highest BCUT2D eigenvalue weighted by Gasteiger charge is 2.57. The zero-order valence-corrected chi connectivity index (χ0v) is 48.7. The predicted molar refractivity (Wildman–Crippen MR) is 359 cm³/mol. The third kappa shape index (κ3) is 7.74. The summed E-state index contributed by atoms with van der Waals surface area (Å²) >= 11 is 0. The molecule has 11 aromatic carbocycles. The molecule has 5 aliphatic rings. The van der Waals surface area contributed by atoms with E-state index in [1.165, 1.54) is 117 Å². The Bertz CT molecular complexity index is 4540. The summed E-state index contributed by atoms with van der Waals surface area (Å²) in [5, 5.41) is 0. The smallest absolute Gasteiger partial charge is 0.332 e. The number of aryl methyl sites for hydroxylation is 1. The van der Waals surface area contributed by atoms with Gasteiger partial charge >= 0.3 is 6.85 Å². The fourth-order valence-electron chi connectivity index (χ4n) is 15.7. The van der Waals surface area contributed by atoms with Crippen LogP contribution in [0.2, 0.25) is 0 Å². The van der Waals surface area contributed by atoms with E-state index in [0.717, 1.165) is 17.1 Å². The standard InChI is InChI=1S/C81H64BN3/c1-54-48-61(57-26-14-7-15-27-57)38-43-71(54)83-73-45-42-67-52-70(73)82-77-69(50-63(51-74(77)83)59-30-18-9-19-31-59)68-49-62(58-28-16-8-17-29-58)39-44-72(68)85(82)75-53-80(4,65-34-22-11-23-35-65)78-76(55(75)2)81(5,47-46-79(78,3)64-32-20-10-21-33-64)84(67)66-40-36-60(37-41-66)56-24-12-6-13-25-56/h6-53,55H,1-5H3. The van der Waals surface area contributed by atoms with Crippen molar-refractivity contribution in [3.63, 3.8) is 0 Å². The highest BCUT2D eigenvalue weighted by atomic mass is 15.2. The molecular weight excluding hydrogens is 1030 g/mol. The third-order valence-electron chi connectivity index (χ3n) is 19.7. The molecule has 0 saturated heterocycles. The maximum atomic E-state index is 2.82. The molecule has 0 spiro atoms. The summed E-state index contributed by atoms with van der Waals surface area (Å²) in [6.07, 6.45) is 7.85. The molecule has 4 unspecified atom stereocenters. The van der Waals surface area contributed by atoms with Gasteiger partial charge in [-0.1, -0.05) is 231 Å². The molecule has 0 fully saturated rings. The molecule has 0 radical (unpaired) electrons. The molecule has 4 atom stereocenters. The van der Waals surface area contributed by atoms with E-state index in [1.807, 2.05) is 0 Å². The molecule has 3 nitrogen and oxygen atoms in total. The van der Waals surface area contributed by atoms with Crippen molar-refractivity contribution in [1.29, 1.82) is 0 Å². The van der Waals surface area contributed by atoms with Gasteiger partial charge in [-0.3, -0.25) is 0 Å². The second kappa shape index (κ2) is 19.3. The monoisotopic (exact) mass is 1090 g/mol. The van der Waals surface area contributed by atoms with Crippen LogP contribution in [0.3, 0.4) is 0 Å². The summed E-state index contributed by atoms with van der Waals surface area (Å²) in [6.45, 7) is 12.1. The topological polar surface area (TPSA) is 9.72 Å². The molecule has 0 amide bonds. The quantitative estimate of drug-likeness (QED) is 0.111. The summed E-state index contributed by atoms with van der Waals surface area (Å²) in [7, 11) is 0. The predicted octanol–water partition coefficient (Wildman–Crippen LogP) is 19.3. The van der Waals surface area contributed by atoms with Crippen molar-refractivity contribution in [1.82, 2.24) is 0 Å². The minimum absolute atomic E-state index is 0.0654. The van der Waals surface area contributed by atoms with Crippen LogP contribution in [0.15, 0.2) is 308 Å². The van der Waals surface area contributed by atoms with Gasteiger partial charge in [-0.25, -0.2) is 0 Å². The van der Waals surface area contributed by atoms with Gasteiger partial charge in [0.05, 0.1) is 5.54 Å². The molecule has 3 aliphatic heterocycles. The number of hydrogen-bond donors (Lipinski definition) is 0. The first-order chi connectivity index (χ1) is 41.6. The fraction of sp³-hybridized carbons (Fsp3) is 0.111. The molecule has 16 rings (SSSR count). The van der Waals surface area contributed by atoms with Crippen LogP contribution in [-0.4, -0.2) is 12.4 Å². The van der Waals surface area contributed by atoms with E-state index in [0.29, 0.717) is 0 Å². The average Bonchev–Trinajstić information content (AvgIpc) is 0.794. The first kappa shape index (κ1) is 50.8. The lowest BCUT2D eigenvalue weighted by molar-refractivity contribution is 0.447. The Morgan fingerprint density at radius 1 is 0.388 bits per heavy atom. The maximum Gasteiger partial charge on any atom is 0.332 e. The minimum atomic E-state index is -0.671. The van der Waals surface area contributed by atoms with Crippen molar-refractivity contribution in [3.05, 3.63) is 325 Å². The van der Waals surface area contributed by atoms with Crippen LogP contribution < -0.4 is 25.5 Å². The summed E-state index contributed by atoms with van der Waals surface area (Å²) < 4.78 is 0. The summed E-state index contributed by atoms with van der Waals surface area (Å²) in [5.41, 5.74) is 27.9. The van der Waals surface area contributed by atoms with Crippen LogP contribution in [-0.2, 0) is 10.8 Å². The van der Waals surface area contributed by atoms with Gasteiger partial charge in [0.2, 0.25) is 0 Å². The molecule has 0 N–H and O–H groups in total. The lowest BCUT2D eigenvalue weighted by Crippen LogP contribution is -2.65. The van der Waals surface area contributed by atoms with Crippen LogP contribution in [0.25, 0.3) is 55.6 Å². The third-order valence-corrected chi connectivity index (χ3v) is 19.7. The average molecular weight is 1090 g/mol. The molecular formula is C81H64BN3. The van der Waals surface area contributed by atoms with Crippen molar-refractivity contribution >= 4 is 51.9 Å². The van der Waals surface area contributed by atoms with E-state index in [2.05, 4.69) is 340 Å². The first-order valence-corrected chi connectivity index (χ1v) is 30.2. The Morgan fingerprint density at radius 3 is 1.45 bits per heavy atom. The van der Waals surface area contributed by atoms with Crippen molar-refractivity contribution in [2.24, 2.45) is 5.92 Å². The Balaban J connectivity index is 1.05. The van der Waals surface area contributed by atoms with Crippen molar-refractivity contribution < 1.29 is 0 Å². The van der Waals surface area contributed by atoms with Crippen molar-refractivity contribution in [2.75, 3.05) is 14.6 Å². The van der Waals surface area contributed by atoms with Crippen LogP contribution >= 0.6 is 0 Å². The Morgan fingerprint density at radius 2 is 0.859 bits per heavy atom. The van der Waals surface area contributed by atoms with Gasteiger partial charge in [-0.15, -0.1) is 0 Å². The summed E-state index contributed by atoms with van der Waals surface area (Å²) in [5.74, 6) is -0.0654. The number of nitrogens with zero attached hydrogens (tertiary/aromatic N) is 3. The molecule has 406 valence electrons. The Hall–Kier alpha value is -9.90. The van der Waals surface area contributed by atoms with Crippen LogP contribution in [0.1, 0.15) is 44.4 Å². The first-order valence-electron chi connectivity index (χ1n) is 30.2. The normalized spacial score (nSPS) is 20.4. The zero-order valence-electron chi connectivity index (χ0n) is 48.7. The summed E-state index contributed by atoms with van der Waals surface area (Å²) in [6, 6.07) is 103. The second-order valence-corrected chi connectivity index (χ2v) is 24.6. The number of rotatable bonds is 8. The maximum absolute atomic E-state index is 2.82. The Kier molecular flexibility index (Phi) is 11.6. The van der Waals surface area contributed by atoms with Gasteiger partial charge in [-0.2, -0.15) is 0 Å². The van der Waals surface area contributed by atoms with E-state index < -0.39 is 16.4 Å². The fourth-order valence-corrected chi connectivity index (χ4v) is 15.7. The van der Waals surface area contributed by atoms with Crippen molar-refractivity contribution in [2.45, 2.75) is 51.0 Å². The SMILES string of the molecule is Cc1cc(-c2ccccc2)ccc1N1c2ccc3cc2B2c4c(cc(-c5ccccc5)cc41)-c1cc(-c4ccccc4)ccc1N2C1=CC(C)(c2ccccc2)C2=C(C1C)C(C)(C=CC2(C)c1ccccc1)N3c1ccc(-c2ccccc2)cc1. The van der Waals surface area contributed by atoms with Crippen LogP contribution in [0.4, 0.5) is 34.1 Å². The van der Waals surface area contributed by atoms with Gasteiger partial charge in [0.1, 0.15) is 0 Å². The van der Waals surface area contributed by atoms with Gasteiger partial charge in [-0.05, 0) is 183 Å². The minimum Gasteiger partial charge on any atom is -0.380 e. The van der Waals surface area contributed by atoms with E-state index in [4.69, 9.17) is 0 Å². The lowest BCUT2D eigenvalue weighted by atomic mass is 9.42. The van der Waals surface area contributed by atoms with Gasteiger partial charge < -0.3 is 14.6 Å². The second-order valence-electron chi connectivity index (χ2n) is 24.6. The highest BCUT2D eigenvalue weighted by Crippen LogP contribution is 2.62. The molecule has 2 aliphatic carbocycles. The molecule has 11 aromatic rings. The van der Waals surface area contributed by atoms with Gasteiger partial charge in [0, 0.05) is 62.1 Å². The number of allylic oxidation sites excluding steroid dienone is 4. The van der Waals surface area contributed by atoms with E-state index >= 15 is 0 Å². The number of fused-ring (bicyclic) bond motifs is 6.